The van der Waals surface area contributed by atoms with Gasteiger partial charge in [-0.3, -0.25) is 9.69 Å². The molecule has 184 valence electrons. The van der Waals surface area contributed by atoms with Crippen LogP contribution in [-0.2, 0) is 22.3 Å². The maximum absolute atomic E-state index is 13.3. The van der Waals surface area contributed by atoms with Crippen LogP contribution in [0.4, 0.5) is 29.3 Å². The maximum Gasteiger partial charge on any atom is 0.416 e. The summed E-state index contributed by atoms with van der Waals surface area (Å²) in [5, 5.41) is 5.62. The summed E-state index contributed by atoms with van der Waals surface area (Å²) >= 11 is 0. The Labute approximate surface area is 199 Å². The van der Waals surface area contributed by atoms with Crippen molar-refractivity contribution in [3.8, 4) is 5.75 Å². The number of nitrogens with one attached hydrogen (secondary N) is 2. The van der Waals surface area contributed by atoms with Crippen LogP contribution in [-0.4, -0.2) is 37.8 Å². The molecule has 0 atom stereocenters. The standard InChI is InChI=1S/C25H24F3N3O4/c1-31-20-4-2-3-19(18(20)14-29-23(31)33)30-22(32)11-15-13-24(7-9-34-10-8-24)35-21-12-16(25(26,27)28)5-6-17(15)21/h2-6,11-12H,7-10,13-14H2,1H3,(H,29,33)(H,30,32)/b15-11+. The van der Waals surface area contributed by atoms with E-state index in [9.17, 15) is 22.8 Å². The van der Waals surface area contributed by atoms with E-state index < -0.39 is 23.2 Å². The summed E-state index contributed by atoms with van der Waals surface area (Å²) in [4.78, 5) is 26.5. The molecule has 7 nitrogen and oxygen atoms in total. The van der Waals surface area contributed by atoms with Crippen LogP contribution in [0.15, 0.2) is 42.5 Å². The van der Waals surface area contributed by atoms with Crippen molar-refractivity contribution in [3.05, 3.63) is 59.2 Å². The van der Waals surface area contributed by atoms with Crippen LogP contribution < -0.4 is 20.3 Å². The fourth-order valence-corrected chi connectivity index (χ4v) is 4.82. The Hall–Kier alpha value is -3.53. The van der Waals surface area contributed by atoms with E-state index >= 15 is 0 Å². The highest BCUT2D eigenvalue weighted by Crippen LogP contribution is 2.46. The molecule has 0 unspecified atom stereocenters. The first-order chi connectivity index (χ1) is 16.7. The van der Waals surface area contributed by atoms with E-state index in [4.69, 9.17) is 9.47 Å². The summed E-state index contributed by atoms with van der Waals surface area (Å²) in [6.07, 6.45) is -1.67. The molecular formula is C25H24F3N3O4. The van der Waals surface area contributed by atoms with E-state index in [1.54, 1.807) is 25.2 Å². The second kappa shape index (κ2) is 8.60. The van der Waals surface area contributed by atoms with Gasteiger partial charge in [-0.2, -0.15) is 13.2 Å². The number of carbonyl (C=O) groups excluding carboxylic acids is 2. The zero-order valence-corrected chi connectivity index (χ0v) is 19.0. The number of ether oxygens (including phenoxy) is 2. The highest BCUT2D eigenvalue weighted by atomic mass is 19.4. The van der Waals surface area contributed by atoms with E-state index in [0.29, 0.717) is 55.0 Å². The van der Waals surface area contributed by atoms with E-state index in [1.165, 1.54) is 17.0 Å². The number of amides is 3. The molecule has 2 aromatic carbocycles. The lowest BCUT2D eigenvalue weighted by atomic mass is 9.81. The highest BCUT2D eigenvalue weighted by Gasteiger charge is 2.41. The number of rotatable bonds is 2. The first-order valence-electron chi connectivity index (χ1n) is 11.3. The third-order valence-electron chi connectivity index (χ3n) is 6.69. The van der Waals surface area contributed by atoms with E-state index in [0.717, 1.165) is 17.7 Å². The van der Waals surface area contributed by atoms with Crippen molar-refractivity contribution in [1.82, 2.24) is 5.32 Å². The monoisotopic (exact) mass is 487 g/mol. The number of benzene rings is 2. The first-order valence-corrected chi connectivity index (χ1v) is 11.3. The van der Waals surface area contributed by atoms with Crippen LogP contribution in [0.2, 0.25) is 0 Å². The molecule has 1 fully saturated rings. The van der Waals surface area contributed by atoms with Crippen molar-refractivity contribution in [3.63, 3.8) is 0 Å². The van der Waals surface area contributed by atoms with Crippen molar-refractivity contribution in [1.29, 1.82) is 0 Å². The smallest absolute Gasteiger partial charge is 0.416 e. The van der Waals surface area contributed by atoms with Crippen molar-refractivity contribution in [2.45, 2.75) is 37.6 Å². The van der Waals surface area contributed by atoms with Gasteiger partial charge >= 0.3 is 12.2 Å². The Bertz CT molecular complexity index is 1220. The van der Waals surface area contributed by atoms with Crippen molar-refractivity contribution in [2.24, 2.45) is 0 Å². The fraction of sp³-hybridized carbons (Fsp3) is 0.360. The number of carbonyl (C=O) groups is 2. The molecule has 0 aliphatic carbocycles. The SMILES string of the molecule is CN1C(=O)NCc2c(NC(=O)/C=C3\CC4(CCOCC4)Oc4cc(C(F)(F)F)ccc43)cccc21. The lowest BCUT2D eigenvalue weighted by molar-refractivity contribution is -0.138. The molecule has 2 aromatic rings. The molecule has 5 rings (SSSR count). The Balaban J connectivity index is 1.48. The molecule has 3 amide bonds. The fourth-order valence-electron chi connectivity index (χ4n) is 4.82. The lowest BCUT2D eigenvalue weighted by Crippen LogP contribution is -2.44. The summed E-state index contributed by atoms with van der Waals surface area (Å²) in [7, 11) is 1.64. The molecule has 0 saturated carbocycles. The topological polar surface area (TPSA) is 79.9 Å². The van der Waals surface area contributed by atoms with Gasteiger partial charge in [-0.1, -0.05) is 12.1 Å². The largest absolute Gasteiger partial charge is 0.486 e. The van der Waals surface area contributed by atoms with Gasteiger partial charge in [0, 0.05) is 55.7 Å². The van der Waals surface area contributed by atoms with E-state index in [2.05, 4.69) is 10.6 Å². The predicted octanol–water partition coefficient (Wildman–Crippen LogP) is 4.72. The molecule has 0 bridgehead atoms. The zero-order valence-electron chi connectivity index (χ0n) is 19.0. The van der Waals surface area contributed by atoms with Gasteiger partial charge in [-0.15, -0.1) is 0 Å². The summed E-state index contributed by atoms with van der Waals surface area (Å²) in [6, 6.07) is 8.42. The normalized spacial score (nSPS) is 20.1. The maximum atomic E-state index is 13.3. The van der Waals surface area contributed by atoms with Crippen molar-refractivity contribution < 1.29 is 32.2 Å². The minimum atomic E-state index is -4.51. The Morgan fingerprint density at radius 2 is 1.97 bits per heavy atom. The van der Waals surface area contributed by atoms with Gasteiger partial charge in [0.2, 0.25) is 5.91 Å². The molecule has 3 aliphatic heterocycles. The molecule has 3 heterocycles. The minimum Gasteiger partial charge on any atom is -0.486 e. The third-order valence-corrected chi connectivity index (χ3v) is 6.69. The zero-order chi connectivity index (χ0) is 24.8. The number of fused-ring (bicyclic) bond motifs is 2. The number of hydrogen-bond acceptors (Lipinski definition) is 4. The van der Waals surface area contributed by atoms with Gasteiger partial charge in [0.05, 0.1) is 24.5 Å². The molecule has 1 spiro atoms. The number of nitrogens with zero attached hydrogens (tertiary/aromatic N) is 1. The highest BCUT2D eigenvalue weighted by molar-refractivity contribution is 6.06. The van der Waals surface area contributed by atoms with Crippen molar-refractivity contribution in [2.75, 3.05) is 30.5 Å². The number of anilines is 2. The summed E-state index contributed by atoms with van der Waals surface area (Å²) in [6.45, 7) is 1.14. The van der Waals surface area contributed by atoms with Crippen LogP contribution in [0, 0.1) is 0 Å². The van der Waals surface area contributed by atoms with E-state index in [1.807, 2.05) is 0 Å². The van der Waals surface area contributed by atoms with Crippen LogP contribution in [0.5, 0.6) is 5.75 Å². The molecule has 35 heavy (non-hydrogen) atoms. The van der Waals surface area contributed by atoms with Crippen LogP contribution in [0.3, 0.4) is 0 Å². The molecular weight excluding hydrogens is 463 g/mol. The Morgan fingerprint density at radius 1 is 1.20 bits per heavy atom. The second-order valence-corrected chi connectivity index (χ2v) is 8.96. The molecule has 3 aliphatic rings. The quantitative estimate of drug-likeness (QED) is 0.601. The molecule has 1 saturated heterocycles. The van der Waals surface area contributed by atoms with Gasteiger partial charge in [-0.05, 0) is 29.8 Å². The molecule has 10 heteroatoms. The van der Waals surface area contributed by atoms with Gasteiger partial charge in [0.15, 0.2) is 0 Å². The van der Waals surface area contributed by atoms with Gasteiger partial charge in [0.25, 0.3) is 0 Å². The average Bonchev–Trinajstić information content (AvgIpc) is 2.81. The van der Waals surface area contributed by atoms with Gasteiger partial charge < -0.3 is 20.1 Å². The Kier molecular flexibility index (Phi) is 5.71. The molecule has 2 N–H and O–H groups in total. The molecule has 0 radical (unpaired) electrons. The number of urea groups is 1. The third kappa shape index (κ3) is 4.45. The summed E-state index contributed by atoms with van der Waals surface area (Å²) in [5.41, 5.74) is 1.56. The average molecular weight is 487 g/mol. The van der Waals surface area contributed by atoms with Gasteiger partial charge in [-0.25, -0.2) is 4.79 Å². The lowest BCUT2D eigenvalue weighted by Gasteiger charge is -2.42. The van der Waals surface area contributed by atoms with Crippen molar-refractivity contribution >= 4 is 28.9 Å². The first kappa shape index (κ1) is 23.2. The summed E-state index contributed by atoms with van der Waals surface area (Å²) < 4.78 is 51.6. The van der Waals surface area contributed by atoms with Gasteiger partial charge in [0.1, 0.15) is 11.4 Å². The molecule has 0 aromatic heterocycles. The van der Waals surface area contributed by atoms with E-state index in [-0.39, 0.29) is 18.3 Å². The predicted molar refractivity (Wildman–Crippen MR) is 123 cm³/mol. The van der Waals surface area contributed by atoms with Crippen LogP contribution in [0.1, 0.15) is 36.0 Å². The Morgan fingerprint density at radius 3 is 2.71 bits per heavy atom. The van der Waals surface area contributed by atoms with Crippen LogP contribution in [0.25, 0.3) is 5.57 Å². The number of hydrogen-bond donors (Lipinski definition) is 2. The number of halogens is 3. The summed E-state index contributed by atoms with van der Waals surface area (Å²) in [5.74, 6) is -0.295. The number of alkyl halides is 3. The van der Waals surface area contributed by atoms with Crippen LogP contribution >= 0.6 is 0 Å². The minimum absolute atomic E-state index is 0.119. The second-order valence-electron chi connectivity index (χ2n) is 8.96.